The number of piperazine rings is 1. The molecule has 1 saturated heterocycles. The van der Waals surface area contributed by atoms with Gasteiger partial charge in [-0.3, -0.25) is 4.79 Å². The highest BCUT2D eigenvalue weighted by molar-refractivity contribution is 6.04. The third kappa shape index (κ3) is 4.22. The molecule has 1 aliphatic heterocycles. The Kier molecular flexibility index (Phi) is 5.56. The van der Waals surface area contributed by atoms with Gasteiger partial charge in [0.1, 0.15) is 0 Å². The fourth-order valence-electron chi connectivity index (χ4n) is 3.58. The Morgan fingerprint density at radius 1 is 0.967 bits per heavy atom. The van der Waals surface area contributed by atoms with Gasteiger partial charge in [-0.25, -0.2) is 14.8 Å². The summed E-state index contributed by atoms with van der Waals surface area (Å²) in [6, 6.07) is 17.5. The van der Waals surface area contributed by atoms with Crippen molar-refractivity contribution in [2.75, 3.05) is 29.9 Å². The lowest BCUT2D eigenvalue weighted by Gasteiger charge is -2.40. The first-order chi connectivity index (χ1) is 14.6. The van der Waals surface area contributed by atoms with Gasteiger partial charge in [0.05, 0.1) is 6.04 Å². The van der Waals surface area contributed by atoms with Gasteiger partial charge in [0.15, 0.2) is 0 Å². The second-order valence-corrected chi connectivity index (χ2v) is 6.99. The molecule has 2 heterocycles. The van der Waals surface area contributed by atoms with Crippen molar-refractivity contribution in [2.45, 2.75) is 6.04 Å². The molecular weight excluding hydrogens is 380 g/mol. The summed E-state index contributed by atoms with van der Waals surface area (Å²) in [4.78, 5) is 36.8. The minimum Gasteiger partial charge on any atom is -0.351 e. The van der Waals surface area contributed by atoms with Crippen LogP contribution < -0.4 is 16.0 Å². The van der Waals surface area contributed by atoms with Crippen molar-refractivity contribution in [1.82, 2.24) is 14.9 Å². The number of hydrogen-bond acceptors (Lipinski definition) is 5. The van der Waals surface area contributed by atoms with E-state index in [9.17, 15) is 9.59 Å². The average Bonchev–Trinajstić information content (AvgIpc) is 2.80. The normalized spacial score (nSPS) is 16.2. The first-order valence-corrected chi connectivity index (χ1v) is 9.66. The summed E-state index contributed by atoms with van der Waals surface area (Å²) >= 11 is 0. The van der Waals surface area contributed by atoms with Crippen LogP contribution in [0.15, 0.2) is 73.1 Å². The standard InChI is InChI=1S/C22H22N6O2/c23-21(30)28-13-12-27(22-24-10-5-11-25-22)15-19(28)17-8-4-9-18(14-17)26-20(29)16-6-2-1-3-7-16/h1-11,14,19H,12-13,15H2,(H2,23,30)(H,26,29). The van der Waals surface area contributed by atoms with Crippen molar-refractivity contribution < 1.29 is 9.59 Å². The number of anilines is 2. The van der Waals surface area contributed by atoms with E-state index in [2.05, 4.69) is 15.3 Å². The molecule has 0 radical (unpaired) electrons. The molecule has 0 aliphatic carbocycles. The number of urea groups is 1. The van der Waals surface area contributed by atoms with Crippen LogP contribution in [0.4, 0.5) is 16.4 Å². The van der Waals surface area contributed by atoms with Gasteiger partial charge in [0, 0.05) is 43.3 Å². The maximum Gasteiger partial charge on any atom is 0.315 e. The number of carbonyl (C=O) groups is 2. The summed E-state index contributed by atoms with van der Waals surface area (Å²) < 4.78 is 0. The molecule has 1 aromatic heterocycles. The predicted molar refractivity (Wildman–Crippen MR) is 114 cm³/mol. The van der Waals surface area contributed by atoms with Crippen LogP contribution in [0.2, 0.25) is 0 Å². The molecule has 3 N–H and O–H groups in total. The van der Waals surface area contributed by atoms with Crippen LogP contribution in [0.1, 0.15) is 22.0 Å². The molecule has 3 amide bonds. The molecule has 3 aromatic rings. The molecule has 0 saturated carbocycles. The molecule has 30 heavy (non-hydrogen) atoms. The highest BCUT2D eigenvalue weighted by Gasteiger charge is 2.31. The fraction of sp³-hybridized carbons (Fsp3) is 0.182. The number of aromatic nitrogens is 2. The molecule has 1 unspecified atom stereocenters. The minimum atomic E-state index is -0.479. The van der Waals surface area contributed by atoms with Gasteiger partial charge in [-0.1, -0.05) is 30.3 Å². The van der Waals surface area contributed by atoms with Gasteiger partial charge < -0.3 is 20.9 Å². The molecule has 1 fully saturated rings. The van der Waals surface area contributed by atoms with Crippen molar-refractivity contribution in [1.29, 1.82) is 0 Å². The molecule has 0 bridgehead atoms. The molecular formula is C22H22N6O2. The Bertz CT molecular complexity index is 1030. The summed E-state index contributed by atoms with van der Waals surface area (Å²) in [5.74, 6) is 0.419. The number of rotatable bonds is 4. The number of nitrogens with two attached hydrogens (primary N) is 1. The number of nitrogens with one attached hydrogen (secondary N) is 1. The largest absolute Gasteiger partial charge is 0.351 e. The van der Waals surface area contributed by atoms with E-state index in [0.29, 0.717) is 36.8 Å². The maximum atomic E-state index is 12.5. The quantitative estimate of drug-likeness (QED) is 0.698. The zero-order valence-electron chi connectivity index (χ0n) is 16.3. The summed E-state index contributed by atoms with van der Waals surface area (Å²) in [6.45, 7) is 1.55. The molecule has 152 valence electrons. The highest BCUT2D eigenvalue weighted by atomic mass is 16.2. The first kappa shape index (κ1) is 19.4. The molecule has 0 spiro atoms. The summed E-state index contributed by atoms with van der Waals surface area (Å²) in [7, 11) is 0. The zero-order chi connectivity index (χ0) is 20.9. The third-order valence-corrected chi connectivity index (χ3v) is 5.06. The predicted octanol–water partition coefficient (Wildman–Crippen LogP) is 2.67. The van der Waals surface area contributed by atoms with Gasteiger partial charge in [-0.2, -0.15) is 0 Å². The molecule has 2 aromatic carbocycles. The van der Waals surface area contributed by atoms with Crippen molar-refractivity contribution in [3.05, 3.63) is 84.2 Å². The van der Waals surface area contributed by atoms with E-state index in [1.807, 2.05) is 47.4 Å². The Morgan fingerprint density at radius 3 is 2.47 bits per heavy atom. The maximum absolute atomic E-state index is 12.5. The lowest BCUT2D eigenvalue weighted by molar-refractivity contribution is 0.102. The minimum absolute atomic E-state index is 0.192. The van der Waals surface area contributed by atoms with E-state index in [0.717, 1.165) is 5.56 Å². The zero-order valence-corrected chi connectivity index (χ0v) is 16.3. The van der Waals surface area contributed by atoms with Crippen LogP contribution in [-0.2, 0) is 0 Å². The van der Waals surface area contributed by atoms with Crippen molar-refractivity contribution in [3.63, 3.8) is 0 Å². The van der Waals surface area contributed by atoms with Crippen LogP contribution in [0.25, 0.3) is 0 Å². The van der Waals surface area contributed by atoms with Gasteiger partial charge in [-0.15, -0.1) is 0 Å². The molecule has 1 atom stereocenters. The second kappa shape index (κ2) is 8.60. The van der Waals surface area contributed by atoms with E-state index >= 15 is 0 Å². The van der Waals surface area contributed by atoms with E-state index in [4.69, 9.17) is 5.73 Å². The lowest BCUT2D eigenvalue weighted by Crippen LogP contribution is -2.52. The van der Waals surface area contributed by atoms with Gasteiger partial charge in [-0.05, 0) is 35.9 Å². The number of hydrogen-bond donors (Lipinski definition) is 2. The van der Waals surface area contributed by atoms with Crippen LogP contribution in [0, 0.1) is 0 Å². The third-order valence-electron chi connectivity index (χ3n) is 5.06. The van der Waals surface area contributed by atoms with Gasteiger partial charge in [0.2, 0.25) is 5.95 Å². The lowest BCUT2D eigenvalue weighted by atomic mass is 10.0. The first-order valence-electron chi connectivity index (χ1n) is 9.66. The van der Waals surface area contributed by atoms with Crippen LogP contribution >= 0.6 is 0 Å². The van der Waals surface area contributed by atoms with Crippen molar-refractivity contribution in [3.8, 4) is 0 Å². The number of nitrogens with zero attached hydrogens (tertiary/aromatic N) is 4. The van der Waals surface area contributed by atoms with Crippen molar-refractivity contribution in [2.24, 2.45) is 5.73 Å². The average molecular weight is 402 g/mol. The number of benzene rings is 2. The Balaban J connectivity index is 1.57. The fourth-order valence-corrected chi connectivity index (χ4v) is 3.58. The summed E-state index contributed by atoms with van der Waals surface area (Å²) in [5.41, 5.74) is 7.74. The van der Waals surface area contributed by atoms with E-state index < -0.39 is 6.03 Å². The topological polar surface area (TPSA) is 104 Å². The van der Waals surface area contributed by atoms with Crippen LogP contribution in [0.5, 0.6) is 0 Å². The number of carbonyl (C=O) groups excluding carboxylic acids is 2. The van der Waals surface area contributed by atoms with Gasteiger partial charge in [0.25, 0.3) is 5.91 Å². The van der Waals surface area contributed by atoms with E-state index in [1.165, 1.54) is 0 Å². The Hall–Kier alpha value is -3.94. The number of amides is 3. The smallest absolute Gasteiger partial charge is 0.315 e. The monoisotopic (exact) mass is 402 g/mol. The van der Waals surface area contributed by atoms with Crippen LogP contribution in [-0.4, -0.2) is 46.4 Å². The van der Waals surface area contributed by atoms with Gasteiger partial charge >= 0.3 is 6.03 Å². The Morgan fingerprint density at radius 2 is 1.73 bits per heavy atom. The summed E-state index contributed by atoms with van der Waals surface area (Å²) in [5, 5.41) is 2.91. The van der Waals surface area contributed by atoms with Crippen molar-refractivity contribution >= 4 is 23.6 Å². The highest BCUT2D eigenvalue weighted by Crippen LogP contribution is 2.28. The Labute approximate surface area is 174 Å². The molecule has 4 rings (SSSR count). The van der Waals surface area contributed by atoms with E-state index in [1.54, 1.807) is 35.5 Å². The SMILES string of the molecule is NC(=O)N1CCN(c2ncccn2)CC1c1cccc(NC(=O)c2ccccc2)c1. The summed E-state index contributed by atoms with van der Waals surface area (Å²) in [6.07, 6.45) is 3.38. The molecule has 1 aliphatic rings. The molecule has 8 heteroatoms. The second-order valence-electron chi connectivity index (χ2n) is 6.99. The van der Waals surface area contributed by atoms with Crippen LogP contribution in [0.3, 0.4) is 0 Å². The number of primary amides is 1. The molecule has 8 nitrogen and oxygen atoms in total. The van der Waals surface area contributed by atoms with E-state index in [-0.39, 0.29) is 11.9 Å².